The van der Waals surface area contributed by atoms with Gasteiger partial charge >= 0.3 is 0 Å². The molecule has 0 bridgehead atoms. The highest BCUT2D eigenvalue weighted by Gasteiger charge is 2.18. The van der Waals surface area contributed by atoms with Crippen LogP contribution in [0.3, 0.4) is 0 Å². The van der Waals surface area contributed by atoms with E-state index >= 15 is 0 Å². The van der Waals surface area contributed by atoms with Crippen LogP contribution in [0.25, 0.3) is 0 Å². The molecule has 0 saturated heterocycles. The number of nitrogens with zero attached hydrogens (tertiary/aromatic N) is 1. The molecular weight excluding hydrogens is 368 g/mol. The van der Waals surface area contributed by atoms with Crippen LogP contribution in [0.15, 0.2) is 72.8 Å². The second-order valence-electron chi connectivity index (χ2n) is 5.81. The first-order chi connectivity index (χ1) is 13.0. The molecule has 0 aliphatic heterocycles. The van der Waals surface area contributed by atoms with Gasteiger partial charge in [-0.15, -0.1) is 0 Å². The Hall–Kier alpha value is -3.22. The number of carbonyl (C=O) groups excluding carboxylic acids is 1. The predicted molar refractivity (Wildman–Crippen MR) is 103 cm³/mol. The minimum atomic E-state index is -0.995. The van der Waals surface area contributed by atoms with Crippen molar-refractivity contribution in [3.05, 3.63) is 105 Å². The highest BCUT2D eigenvalue weighted by atomic mass is 35.5. The van der Waals surface area contributed by atoms with Crippen molar-refractivity contribution in [3.63, 3.8) is 0 Å². The third-order valence-corrected chi connectivity index (χ3v) is 4.23. The Morgan fingerprint density at radius 3 is 2.48 bits per heavy atom. The lowest BCUT2D eigenvalue weighted by Gasteiger charge is -2.17. The number of hydrogen-bond donors (Lipinski definition) is 2. The summed E-state index contributed by atoms with van der Waals surface area (Å²) in [5.41, 5.74) is 1.40. The lowest BCUT2D eigenvalue weighted by Crippen LogP contribution is -2.15. The number of aliphatic hydroxyl groups is 1. The zero-order valence-corrected chi connectivity index (χ0v) is 14.8. The van der Waals surface area contributed by atoms with Crippen LogP contribution >= 0.6 is 11.6 Å². The zero-order valence-electron chi connectivity index (χ0n) is 14.0. The molecule has 0 spiro atoms. The predicted octanol–water partition coefficient (Wildman–Crippen LogP) is 4.58. The number of carbonyl (C=O) groups is 1. The van der Waals surface area contributed by atoms with Crippen molar-refractivity contribution in [3.8, 4) is 0 Å². The molecule has 0 saturated carbocycles. The second kappa shape index (κ2) is 7.99. The number of hydrogen-bond acceptors (Lipinski definition) is 4. The van der Waals surface area contributed by atoms with Crippen molar-refractivity contribution < 1.29 is 14.8 Å². The van der Waals surface area contributed by atoms with Crippen LogP contribution in [-0.4, -0.2) is 15.9 Å². The Bertz CT molecular complexity index is 992. The maximum Gasteiger partial charge on any atom is 0.270 e. The third kappa shape index (κ3) is 4.31. The van der Waals surface area contributed by atoms with Gasteiger partial charge in [0.15, 0.2) is 0 Å². The summed E-state index contributed by atoms with van der Waals surface area (Å²) in [6.45, 7) is 0. The fourth-order valence-corrected chi connectivity index (χ4v) is 2.82. The number of nitrogens with one attached hydrogen (secondary N) is 1. The van der Waals surface area contributed by atoms with Crippen molar-refractivity contribution in [1.29, 1.82) is 0 Å². The molecule has 7 heteroatoms. The van der Waals surface area contributed by atoms with Gasteiger partial charge in [-0.1, -0.05) is 48.0 Å². The van der Waals surface area contributed by atoms with E-state index in [0.29, 0.717) is 21.8 Å². The SMILES string of the molecule is O=C(Nc1ccc(Cl)cc1C(O)c1ccccc1)c1cccc([N+](=O)[O-])c1. The first-order valence-electron chi connectivity index (χ1n) is 8.04. The van der Waals surface area contributed by atoms with Crippen LogP contribution in [-0.2, 0) is 0 Å². The molecule has 0 radical (unpaired) electrons. The lowest BCUT2D eigenvalue weighted by atomic mass is 9.99. The van der Waals surface area contributed by atoms with Gasteiger partial charge in [-0.25, -0.2) is 0 Å². The Kier molecular flexibility index (Phi) is 5.49. The number of halogens is 1. The lowest BCUT2D eigenvalue weighted by molar-refractivity contribution is -0.384. The molecule has 1 atom stereocenters. The molecule has 1 unspecified atom stereocenters. The molecule has 27 heavy (non-hydrogen) atoms. The van der Waals surface area contributed by atoms with E-state index in [2.05, 4.69) is 5.32 Å². The minimum Gasteiger partial charge on any atom is -0.384 e. The second-order valence-corrected chi connectivity index (χ2v) is 6.24. The standard InChI is InChI=1S/C20H15ClN2O4/c21-15-9-10-18(17(12-15)19(24)13-5-2-1-3-6-13)22-20(25)14-7-4-8-16(11-14)23(26)27/h1-12,19,24H,(H,22,25). The topological polar surface area (TPSA) is 92.5 Å². The quantitative estimate of drug-likeness (QED) is 0.499. The Labute approximate surface area is 160 Å². The summed E-state index contributed by atoms with van der Waals surface area (Å²) in [5.74, 6) is -0.525. The summed E-state index contributed by atoms with van der Waals surface area (Å²) < 4.78 is 0. The van der Waals surface area contributed by atoms with Gasteiger partial charge in [-0.2, -0.15) is 0 Å². The fourth-order valence-electron chi connectivity index (χ4n) is 2.64. The highest BCUT2D eigenvalue weighted by Crippen LogP contribution is 2.31. The number of nitro benzene ring substituents is 1. The van der Waals surface area contributed by atoms with Crippen molar-refractivity contribution >= 4 is 28.9 Å². The van der Waals surface area contributed by atoms with Crippen LogP contribution < -0.4 is 5.32 Å². The summed E-state index contributed by atoms with van der Waals surface area (Å²) in [7, 11) is 0. The normalized spacial score (nSPS) is 11.6. The van der Waals surface area contributed by atoms with E-state index in [1.54, 1.807) is 42.5 Å². The molecule has 0 aliphatic carbocycles. The molecule has 0 aliphatic rings. The van der Waals surface area contributed by atoms with Gasteiger partial charge in [0.2, 0.25) is 0 Å². The van der Waals surface area contributed by atoms with Gasteiger partial charge in [0.25, 0.3) is 11.6 Å². The van der Waals surface area contributed by atoms with Crippen LogP contribution in [0.1, 0.15) is 27.6 Å². The van der Waals surface area contributed by atoms with Crippen molar-refractivity contribution in [1.82, 2.24) is 0 Å². The molecule has 3 aromatic carbocycles. The molecule has 1 amide bonds. The van der Waals surface area contributed by atoms with E-state index in [1.165, 1.54) is 24.3 Å². The van der Waals surface area contributed by atoms with E-state index in [0.717, 1.165) is 0 Å². The molecule has 3 rings (SSSR count). The van der Waals surface area contributed by atoms with Crippen molar-refractivity contribution in [2.45, 2.75) is 6.10 Å². The number of amides is 1. The maximum atomic E-state index is 12.5. The van der Waals surface area contributed by atoms with E-state index in [9.17, 15) is 20.0 Å². The molecule has 0 heterocycles. The molecular formula is C20H15ClN2O4. The first-order valence-corrected chi connectivity index (χ1v) is 8.42. The minimum absolute atomic E-state index is 0.138. The summed E-state index contributed by atoms with van der Waals surface area (Å²) in [5, 5.41) is 24.7. The highest BCUT2D eigenvalue weighted by molar-refractivity contribution is 6.30. The third-order valence-electron chi connectivity index (χ3n) is 3.99. The van der Waals surface area contributed by atoms with Crippen molar-refractivity contribution in [2.75, 3.05) is 5.32 Å². The summed E-state index contributed by atoms with van der Waals surface area (Å²) in [6.07, 6.45) is -0.995. The van der Waals surface area contributed by atoms with Gasteiger partial charge in [0.05, 0.1) is 4.92 Å². The van der Waals surface area contributed by atoms with Gasteiger partial charge in [-0.3, -0.25) is 14.9 Å². The molecule has 2 N–H and O–H groups in total. The van der Waals surface area contributed by atoms with E-state index < -0.39 is 16.9 Å². The first kappa shape index (κ1) is 18.6. The molecule has 6 nitrogen and oxygen atoms in total. The smallest absolute Gasteiger partial charge is 0.270 e. The van der Waals surface area contributed by atoms with Crippen LogP contribution in [0.2, 0.25) is 5.02 Å². The molecule has 0 fully saturated rings. The summed E-state index contributed by atoms with van der Waals surface area (Å²) in [4.78, 5) is 22.9. The zero-order chi connectivity index (χ0) is 19.4. The Morgan fingerprint density at radius 1 is 1.04 bits per heavy atom. The van der Waals surface area contributed by atoms with E-state index in [-0.39, 0.29) is 11.3 Å². The van der Waals surface area contributed by atoms with Crippen LogP contribution in [0.4, 0.5) is 11.4 Å². The Morgan fingerprint density at radius 2 is 1.78 bits per heavy atom. The average Bonchev–Trinajstić information content (AvgIpc) is 2.69. The number of rotatable bonds is 5. The number of anilines is 1. The number of benzene rings is 3. The number of non-ortho nitro benzene ring substituents is 1. The summed E-state index contributed by atoms with van der Waals surface area (Å²) in [6, 6.07) is 19.1. The maximum absolute atomic E-state index is 12.5. The molecule has 136 valence electrons. The van der Waals surface area contributed by atoms with Crippen molar-refractivity contribution in [2.24, 2.45) is 0 Å². The average molecular weight is 383 g/mol. The van der Waals surface area contributed by atoms with Gasteiger partial charge in [-0.05, 0) is 29.8 Å². The largest absolute Gasteiger partial charge is 0.384 e. The van der Waals surface area contributed by atoms with Crippen LogP contribution in [0, 0.1) is 10.1 Å². The summed E-state index contributed by atoms with van der Waals surface area (Å²) >= 11 is 6.06. The Balaban J connectivity index is 1.92. The van der Waals surface area contributed by atoms with Crippen LogP contribution in [0.5, 0.6) is 0 Å². The molecule has 0 aromatic heterocycles. The van der Waals surface area contributed by atoms with Gasteiger partial charge in [0, 0.05) is 34.0 Å². The van der Waals surface area contributed by atoms with Gasteiger partial charge in [0.1, 0.15) is 6.10 Å². The fraction of sp³-hybridized carbons (Fsp3) is 0.0500. The molecule has 3 aromatic rings. The monoisotopic (exact) mass is 382 g/mol. The van der Waals surface area contributed by atoms with Gasteiger partial charge < -0.3 is 10.4 Å². The number of aliphatic hydroxyl groups excluding tert-OH is 1. The van der Waals surface area contributed by atoms with E-state index in [4.69, 9.17) is 11.6 Å². The van der Waals surface area contributed by atoms with E-state index in [1.807, 2.05) is 6.07 Å². The number of nitro groups is 1.